The van der Waals surface area contributed by atoms with Gasteiger partial charge < -0.3 is 39.1 Å². The van der Waals surface area contributed by atoms with Crippen molar-refractivity contribution < 1.29 is 29.2 Å². The third kappa shape index (κ3) is 8.91. The van der Waals surface area contributed by atoms with Crippen LogP contribution in [0.2, 0.25) is 0 Å². The lowest BCUT2D eigenvalue weighted by atomic mass is 9.71. The van der Waals surface area contributed by atoms with Gasteiger partial charge in [-0.15, -0.1) is 0 Å². The second-order valence-corrected chi connectivity index (χ2v) is 18.0. The second kappa shape index (κ2) is 20.2. The summed E-state index contributed by atoms with van der Waals surface area (Å²) in [7, 11) is 6.64. The maximum absolute atomic E-state index is 14.1. The molecule has 3 aromatic heterocycles. The summed E-state index contributed by atoms with van der Waals surface area (Å²) in [5.74, 6) is 2.71. The van der Waals surface area contributed by atoms with Gasteiger partial charge in [0.1, 0.15) is 34.2 Å². The Morgan fingerprint density at radius 3 is 1.12 bits per heavy atom. The molecule has 0 saturated heterocycles. The van der Waals surface area contributed by atoms with Gasteiger partial charge in [0.15, 0.2) is 0 Å². The van der Waals surface area contributed by atoms with E-state index in [-0.39, 0.29) is 12.8 Å². The highest BCUT2D eigenvalue weighted by Crippen LogP contribution is 2.55. The molecule has 0 radical (unpaired) electrons. The predicted octanol–water partition coefficient (Wildman–Crippen LogP) is 13.8. The molecule has 69 heavy (non-hydrogen) atoms. The minimum absolute atomic E-state index is 0.269. The van der Waals surface area contributed by atoms with E-state index in [0.717, 1.165) is 87.9 Å². The van der Waals surface area contributed by atoms with Gasteiger partial charge in [0.05, 0.1) is 51.2 Å². The van der Waals surface area contributed by atoms with Gasteiger partial charge in [-0.2, -0.15) is 0 Å². The summed E-state index contributed by atoms with van der Waals surface area (Å²) in [5.41, 5.74) is 7.86. The topological polar surface area (TPSA) is 135 Å². The molecule has 2 aliphatic rings. The number of aromatic amines is 2. The van der Waals surface area contributed by atoms with Crippen molar-refractivity contribution in [1.82, 2.24) is 19.9 Å². The van der Waals surface area contributed by atoms with Crippen molar-refractivity contribution in [2.24, 2.45) is 0 Å². The SMILES string of the molecule is CCCCCCC1(O)c2nc(c(-c3cccc(OC)c3)c3ccc([nH]3)c(-c3cccc(OC)c3)c3nc(c(-c4cccc(OC)c4)c4ccc([nH]4)c2-c2cccc(OC)c2)C=C3)C1(O)CCCCC. The van der Waals surface area contributed by atoms with Gasteiger partial charge in [0.25, 0.3) is 0 Å². The summed E-state index contributed by atoms with van der Waals surface area (Å²) >= 11 is 0. The highest BCUT2D eigenvalue weighted by molar-refractivity contribution is 5.98. The van der Waals surface area contributed by atoms with Crippen LogP contribution in [0.1, 0.15) is 94.4 Å². The molecule has 0 saturated carbocycles. The number of H-pyrrole nitrogens is 2. The molecule has 0 spiro atoms. The summed E-state index contributed by atoms with van der Waals surface area (Å²) < 4.78 is 23.2. The van der Waals surface area contributed by atoms with Gasteiger partial charge >= 0.3 is 0 Å². The Kier molecular flexibility index (Phi) is 13.8. The van der Waals surface area contributed by atoms with Crippen LogP contribution in [0.3, 0.4) is 0 Å². The van der Waals surface area contributed by atoms with Crippen LogP contribution in [0, 0.1) is 0 Å². The van der Waals surface area contributed by atoms with Gasteiger partial charge in [-0.05, 0) is 120 Å². The minimum atomic E-state index is -1.85. The molecule has 0 aliphatic carbocycles. The molecule has 10 heteroatoms. The molecule has 5 heterocycles. The molecule has 2 aliphatic heterocycles. The molecule has 7 aromatic rings. The van der Waals surface area contributed by atoms with Crippen LogP contribution in [0.15, 0.2) is 121 Å². The number of nitrogens with zero attached hydrogens (tertiary/aromatic N) is 2. The maximum Gasteiger partial charge on any atom is 0.141 e. The van der Waals surface area contributed by atoms with E-state index in [0.29, 0.717) is 69.4 Å². The summed E-state index contributed by atoms with van der Waals surface area (Å²) in [6.45, 7) is 4.33. The van der Waals surface area contributed by atoms with Gasteiger partial charge in [-0.3, -0.25) is 0 Å². The number of ether oxygens (including phenoxy) is 4. The Hall–Kier alpha value is -7.14. The van der Waals surface area contributed by atoms with E-state index < -0.39 is 11.2 Å². The minimum Gasteiger partial charge on any atom is -0.497 e. The highest BCUT2D eigenvalue weighted by atomic mass is 16.5. The zero-order chi connectivity index (χ0) is 48.1. The summed E-state index contributed by atoms with van der Waals surface area (Å²) in [4.78, 5) is 18.8. The molecule has 4 aromatic carbocycles. The van der Waals surface area contributed by atoms with E-state index in [4.69, 9.17) is 28.9 Å². The molecule has 9 rings (SSSR count). The monoisotopic (exact) mass is 922 g/mol. The van der Waals surface area contributed by atoms with Crippen molar-refractivity contribution in [2.75, 3.05) is 28.4 Å². The number of hydrogen-bond acceptors (Lipinski definition) is 8. The molecule has 2 unspecified atom stereocenters. The maximum atomic E-state index is 14.1. The van der Waals surface area contributed by atoms with Crippen molar-refractivity contribution in [3.8, 4) is 67.5 Å². The number of benzene rings is 4. The zero-order valence-corrected chi connectivity index (χ0v) is 40.5. The van der Waals surface area contributed by atoms with Gasteiger partial charge in [-0.1, -0.05) is 107 Å². The van der Waals surface area contributed by atoms with Crippen molar-refractivity contribution in [1.29, 1.82) is 0 Å². The average molecular weight is 923 g/mol. The molecule has 0 amide bonds. The molecule has 0 fully saturated rings. The lowest BCUT2D eigenvalue weighted by molar-refractivity contribution is -0.167. The number of methoxy groups -OCH3 is 4. The lowest BCUT2D eigenvalue weighted by Gasteiger charge is -2.40. The standard InChI is InChI=1S/C59H62N4O6/c1-7-9-11-13-33-59(65)57-55(41-21-17-25-45(37-41)69-6)51-31-29-49(62-51)53(39-19-15-23-43(35-39)67-4)47-27-26-46(60-47)52(38-18-14-22-42(34-38)66-3)48-28-30-50(61-48)54(40-20-16-24-44(36-40)68-5)56(63-57)58(59,64)32-12-10-8-2/h14-31,34-37,61-62,64-65H,7-13,32-33H2,1-6H3. The van der Waals surface area contributed by atoms with E-state index in [1.165, 1.54) is 0 Å². The fourth-order valence-corrected chi connectivity index (χ4v) is 10.2. The summed E-state index contributed by atoms with van der Waals surface area (Å²) in [6, 6.07) is 39.9. The third-order valence-corrected chi connectivity index (χ3v) is 13.7. The number of fused-ring (bicyclic) bond motifs is 8. The Morgan fingerprint density at radius 1 is 0.420 bits per heavy atom. The summed E-state index contributed by atoms with van der Waals surface area (Å²) in [6.07, 6.45) is 10.7. The number of aromatic nitrogens is 4. The fourth-order valence-electron chi connectivity index (χ4n) is 10.2. The van der Waals surface area contributed by atoms with Crippen molar-refractivity contribution >= 4 is 34.2 Å². The Balaban J connectivity index is 1.54. The van der Waals surface area contributed by atoms with Crippen LogP contribution in [-0.2, 0) is 11.2 Å². The molecule has 4 N–H and O–H groups in total. The predicted molar refractivity (Wildman–Crippen MR) is 279 cm³/mol. The van der Waals surface area contributed by atoms with E-state index in [2.05, 4.69) is 60.2 Å². The molecule has 354 valence electrons. The first-order valence-electron chi connectivity index (χ1n) is 24.2. The quantitative estimate of drug-likeness (QED) is 0.0663. The van der Waals surface area contributed by atoms with E-state index >= 15 is 0 Å². The molecule has 8 bridgehead atoms. The Labute approximate surface area is 404 Å². The Bertz CT molecular complexity index is 3190. The number of nitrogens with one attached hydrogen (secondary N) is 2. The van der Waals surface area contributed by atoms with E-state index in [1.54, 1.807) is 28.4 Å². The Morgan fingerprint density at radius 2 is 0.754 bits per heavy atom. The van der Waals surface area contributed by atoms with Crippen molar-refractivity contribution in [2.45, 2.75) is 82.8 Å². The van der Waals surface area contributed by atoms with Crippen LogP contribution in [0.5, 0.6) is 23.0 Å². The van der Waals surface area contributed by atoms with Crippen LogP contribution >= 0.6 is 0 Å². The van der Waals surface area contributed by atoms with Gasteiger partial charge in [0.2, 0.25) is 0 Å². The zero-order valence-electron chi connectivity index (χ0n) is 40.5. The number of hydrogen-bond donors (Lipinski definition) is 4. The molecular weight excluding hydrogens is 861 g/mol. The van der Waals surface area contributed by atoms with Crippen LogP contribution in [-0.4, -0.2) is 58.6 Å². The lowest BCUT2D eigenvalue weighted by Crippen LogP contribution is -2.46. The van der Waals surface area contributed by atoms with E-state index in [9.17, 15) is 10.2 Å². The largest absolute Gasteiger partial charge is 0.497 e. The van der Waals surface area contributed by atoms with Crippen molar-refractivity contribution in [3.63, 3.8) is 0 Å². The smallest absolute Gasteiger partial charge is 0.141 e. The van der Waals surface area contributed by atoms with Crippen LogP contribution < -0.4 is 18.9 Å². The molecule has 2 atom stereocenters. The first kappa shape index (κ1) is 46.9. The number of unbranched alkanes of at least 4 members (excludes halogenated alkanes) is 5. The molecule has 10 nitrogen and oxygen atoms in total. The number of rotatable bonds is 17. The van der Waals surface area contributed by atoms with Gasteiger partial charge in [-0.25, -0.2) is 9.97 Å². The first-order valence-corrected chi connectivity index (χ1v) is 24.2. The van der Waals surface area contributed by atoms with Crippen LogP contribution in [0.25, 0.3) is 78.7 Å². The third-order valence-electron chi connectivity index (χ3n) is 13.7. The summed E-state index contributed by atoms with van der Waals surface area (Å²) in [5, 5.41) is 28.2. The van der Waals surface area contributed by atoms with E-state index in [1.807, 2.05) is 97.1 Å². The molecular formula is C59H62N4O6. The first-order chi connectivity index (χ1) is 33.7. The van der Waals surface area contributed by atoms with Gasteiger partial charge in [0, 0.05) is 44.3 Å². The average Bonchev–Trinajstić information content (AvgIpc) is 4.21. The highest BCUT2D eigenvalue weighted by Gasteiger charge is 2.58. The fraction of sp³-hybridized carbons (Fsp3) is 0.288. The van der Waals surface area contributed by atoms with Crippen LogP contribution in [0.4, 0.5) is 0 Å². The van der Waals surface area contributed by atoms with Crippen molar-refractivity contribution in [3.05, 3.63) is 144 Å². The number of aliphatic hydroxyl groups is 2. The normalized spacial score (nSPS) is 16.4. The second-order valence-electron chi connectivity index (χ2n) is 18.0.